The Morgan fingerprint density at radius 3 is 2.43 bits per heavy atom. The van der Waals surface area contributed by atoms with Gasteiger partial charge in [-0.3, -0.25) is 4.98 Å². The van der Waals surface area contributed by atoms with Crippen molar-refractivity contribution in [2.75, 3.05) is 17.2 Å². The van der Waals surface area contributed by atoms with Gasteiger partial charge in [0.05, 0.1) is 0 Å². The molecule has 0 aliphatic carbocycles. The molecule has 2 aromatic heterocycles. The molecule has 2 aromatic rings. The fourth-order valence-corrected chi connectivity index (χ4v) is 2.15. The fourth-order valence-electron chi connectivity index (χ4n) is 2.15. The van der Waals surface area contributed by atoms with E-state index in [2.05, 4.69) is 35.6 Å². The molecule has 0 aromatic carbocycles. The summed E-state index contributed by atoms with van der Waals surface area (Å²) in [6.45, 7) is 9.89. The summed E-state index contributed by atoms with van der Waals surface area (Å²) in [5, 5.41) is 0. The molecular formula is C16H23N5. The molecule has 0 bridgehead atoms. The number of hydrogen-bond donors (Lipinski definition) is 1. The van der Waals surface area contributed by atoms with Gasteiger partial charge in [-0.05, 0) is 31.5 Å². The molecule has 0 aliphatic rings. The average Bonchev–Trinajstić information content (AvgIpc) is 2.48. The molecule has 0 spiro atoms. The normalized spacial score (nSPS) is 10.9. The van der Waals surface area contributed by atoms with Crippen LogP contribution in [-0.4, -0.2) is 21.5 Å². The predicted octanol–water partition coefficient (Wildman–Crippen LogP) is 2.91. The smallest absolute Gasteiger partial charge is 0.137 e. The first-order chi connectivity index (χ1) is 10.0. The Hall–Kier alpha value is -2.17. The molecule has 0 unspecified atom stereocenters. The zero-order valence-electron chi connectivity index (χ0n) is 13.2. The molecule has 0 aliphatic heterocycles. The second-order valence-corrected chi connectivity index (χ2v) is 5.44. The Bertz CT molecular complexity index is 595. The van der Waals surface area contributed by atoms with E-state index < -0.39 is 0 Å². The van der Waals surface area contributed by atoms with Crippen molar-refractivity contribution in [3.05, 3.63) is 41.5 Å². The summed E-state index contributed by atoms with van der Waals surface area (Å²) in [6, 6.07) is 4.04. The molecule has 5 nitrogen and oxygen atoms in total. The van der Waals surface area contributed by atoms with E-state index in [4.69, 9.17) is 10.7 Å². The van der Waals surface area contributed by atoms with Crippen LogP contribution >= 0.6 is 0 Å². The van der Waals surface area contributed by atoms with Crippen LogP contribution in [0.15, 0.2) is 24.5 Å². The van der Waals surface area contributed by atoms with Crippen molar-refractivity contribution in [3.8, 4) is 0 Å². The first-order valence-electron chi connectivity index (χ1n) is 7.30. The van der Waals surface area contributed by atoms with E-state index in [0.717, 1.165) is 30.3 Å². The molecule has 21 heavy (non-hydrogen) atoms. The molecule has 5 heteroatoms. The van der Waals surface area contributed by atoms with Crippen LogP contribution in [0.5, 0.6) is 0 Å². The van der Waals surface area contributed by atoms with Crippen LogP contribution in [0.2, 0.25) is 0 Å². The van der Waals surface area contributed by atoms with E-state index in [-0.39, 0.29) is 5.92 Å². The number of rotatable bonds is 5. The maximum absolute atomic E-state index is 6.06. The van der Waals surface area contributed by atoms with Crippen molar-refractivity contribution in [3.63, 3.8) is 0 Å². The van der Waals surface area contributed by atoms with Crippen LogP contribution in [0.1, 0.15) is 43.6 Å². The van der Waals surface area contributed by atoms with Crippen LogP contribution in [0.4, 0.5) is 11.6 Å². The van der Waals surface area contributed by atoms with Crippen molar-refractivity contribution in [1.29, 1.82) is 0 Å². The number of nitrogens with zero attached hydrogens (tertiary/aromatic N) is 4. The Labute approximate surface area is 126 Å². The maximum Gasteiger partial charge on any atom is 0.137 e. The highest BCUT2D eigenvalue weighted by Gasteiger charge is 2.16. The highest BCUT2D eigenvalue weighted by atomic mass is 15.2. The van der Waals surface area contributed by atoms with Crippen LogP contribution in [0, 0.1) is 6.92 Å². The van der Waals surface area contributed by atoms with E-state index in [1.165, 1.54) is 5.56 Å². The third-order valence-electron chi connectivity index (χ3n) is 3.50. The molecule has 2 rings (SSSR count). The van der Waals surface area contributed by atoms with Gasteiger partial charge in [0.1, 0.15) is 17.5 Å². The number of nitrogen functional groups attached to an aromatic ring is 1. The van der Waals surface area contributed by atoms with Gasteiger partial charge in [0.25, 0.3) is 0 Å². The van der Waals surface area contributed by atoms with E-state index in [1.54, 1.807) is 0 Å². The monoisotopic (exact) mass is 285 g/mol. The van der Waals surface area contributed by atoms with E-state index in [0.29, 0.717) is 5.82 Å². The number of hydrogen-bond acceptors (Lipinski definition) is 5. The van der Waals surface area contributed by atoms with Crippen molar-refractivity contribution in [2.24, 2.45) is 0 Å². The standard InChI is InChI=1S/C16H23N5/c1-5-21(10-13-6-8-18-9-7-13)16-12(4)14(17)19-15(20-16)11(2)3/h6-9,11H,5,10H2,1-4H3,(H2,17,19,20). The van der Waals surface area contributed by atoms with Crippen molar-refractivity contribution >= 4 is 11.6 Å². The average molecular weight is 285 g/mol. The highest BCUT2D eigenvalue weighted by molar-refractivity contribution is 5.56. The molecule has 0 amide bonds. The number of pyridine rings is 1. The van der Waals surface area contributed by atoms with Gasteiger partial charge in [0.2, 0.25) is 0 Å². The van der Waals surface area contributed by atoms with Gasteiger partial charge in [0.15, 0.2) is 0 Å². The molecule has 0 saturated heterocycles. The molecule has 2 heterocycles. The van der Waals surface area contributed by atoms with Gasteiger partial charge in [0, 0.05) is 37.0 Å². The van der Waals surface area contributed by atoms with Gasteiger partial charge < -0.3 is 10.6 Å². The second kappa shape index (κ2) is 6.52. The predicted molar refractivity (Wildman–Crippen MR) is 86.2 cm³/mol. The van der Waals surface area contributed by atoms with Gasteiger partial charge in [-0.1, -0.05) is 13.8 Å². The summed E-state index contributed by atoms with van der Waals surface area (Å²) in [7, 11) is 0. The molecule has 2 N–H and O–H groups in total. The summed E-state index contributed by atoms with van der Waals surface area (Å²) in [5.41, 5.74) is 8.20. The topological polar surface area (TPSA) is 67.9 Å². The summed E-state index contributed by atoms with van der Waals surface area (Å²) in [6.07, 6.45) is 3.62. The third-order valence-corrected chi connectivity index (χ3v) is 3.50. The molecule has 0 saturated carbocycles. The lowest BCUT2D eigenvalue weighted by atomic mass is 10.2. The highest BCUT2D eigenvalue weighted by Crippen LogP contribution is 2.25. The second-order valence-electron chi connectivity index (χ2n) is 5.44. The zero-order valence-corrected chi connectivity index (χ0v) is 13.2. The van der Waals surface area contributed by atoms with Crippen LogP contribution in [0.3, 0.4) is 0 Å². The Morgan fingerprint density at radius 1 is 1.19 bits per heavy atom. The van der Waals surface area contributed by atoms with Crippen LogP contribution in [-0.2, 0) is 6.54 Å². The fraction of sp³-hybridized carbons (Fsp3) is 0.438. The van der Waals surface area contributed by atoms with Crippen molar-refractivity contribution < 1.29 is 0 Å². The van der Waals surface area contributed by atoms with Crippen LogP contribution in [0.25, 0.3) is 0 Å². The molecule has 0 radical (unpaired) electrons. The summed E-state index contributed by atoms with van der Waals surface area (Å²) < 4.78 is 0. The zero-order chi connectivity index (χ0) is 15.4. The quantitative estimate of drug-likeness (QED) is 0.914. The lowest BCUT2D eigenvalue weighted by Gasteiger charge is -2.25. The van der Waals surface area contributed by atoms with Gasteiger partial charge >= 0.3 is 0 Å². The van der Waals surface area contributed by atoms with Crippen molar-refractivity contribution in [1.82, 2.24) is 15.0 Å². The maximum atomic E-state index is 6.06. The van der Waals surface area contributed by atoms with E-state index in [1.807, 2.05) is 31.5 Å². The number of nitrogens with two attached hydrogens (primary N) is 1. The lowest BCUT2D eigenvalue weighted by molar-refractivity contribution is 0.745. The SMILES string of the molecule is CCN(Cc1ccncc1)c1nc(C(C)C)nc(N)c1C. The molecule has 0 fully saturated rings. The number of anilines is 2. The summed E-state index contributed by atoms with van der Waals surface area (Å²) in [5.74, 6) is 2.54. The van der Waals surface area contributed by atoms with Gasteiger partial charge in [-0.15, -0.1) is 0 Å². The number of aromatic nitrogens is 3. The lowest BCUT2D eigenvalue weighted by Crippen LogP contribution is -2.25. The minimum absolute atomic E-state index is 0.256. The minimum Gasteiger partial charge on any atom is -0.383 e. The Balaban J connectivity index is 2.37. The molecule has 112 valence electrons. The largest absolute Gasteiger partial charge is 0.383 e. The first kappa shape index (κ1) is 15.2. The molecular weight excluding hydrogens is 262 g/mol. The third kappa shape index (κ3) is 3.48. The van der Waals surface area contributed by atoms with Crippen LogP contribution < -0.4 is 10.6 Å². The Kier molecular flexibility index (Phi) is 4.73. The van der Waals surface area contributed by atoms with E-state index >= 15 is 0 Å². The van der Waals surface area contributed by atoms with Gasteiger partial charge in [-0.25, -0.2) is 9.97 Å². The summed E-state index contributed by atoms with van der Waals surface area (Å²) >= 11 is 0. The minimum atomic E-state index is 0.256. The van der Waals surface area contributed by atoms with Crippen molar-refractivity contribution in [2.45, 2.75) is 40.2 Å². The first-order valence-corrected chi connectivity index (χ1v) is 7.30. The molecule has 0 atom stereocenters. The Morgan fingerprint density at radius 2 is 1.86 bits per heavy atom. The van der Waals surface area contributed by atoms with Gasteiger partial charge in [-0.2, -0.15) is 0 Å². The summed E-state index contributed by atoms with van der Waals surface area (Å²) in [4.78, 5) is 15.4. The van der Waals surface area contributed by atoms with E-state index in [9.17, 15) is 0 Å².